The maximum Gasteiger partial charge on any atom is 0.356 e. The molecule has 1 atom stereocenters. The van der Waals surface area contributed by atoms with E-state index in [1.54, 1.807) is 36.4 Å². The highest BCUT2D eigenvalue weighted by Crippen LogP contribution is 2.39. The number of carbonyl (C=O) groups excluding carboxylic acids is 1. The van der Waals surface area contributed by atoms with Crippen molar-refractivity contribution in [3.8, 4) is 17.1 Å². The fourth-order valence-electron chi connectivity index (χ4n) is 3.96. The van der Waals surface area contributed by atoms with Crippen molar-refractivity contribution in [2.45, 2.75) is 26.2 Å². The van der Waals surface area contributed by atoms with E-state index in [2.05, 4.69) is 9.97 Å². The predicted octanol–water partition coefficient (Wildman–Crippen LogP) is 6.40. The Morgan fingerprint density at radius 3 is 2.16 bits per heavy atom. The van der Waals surface area contributed by atoms with Crippen molar-refractivity contribution in [1.29, 1.82) is 0 Å². The second kappa shape index (κ2) is 10.1. The van der Waals surface area contributed by atoms with Crippen LogP contribution >= 0.6 is 0 Å². The molecule has 0 amide bonds. The van der Waals surface area contributed by atoms with Crippen LogP contribution in [0.1, 0.15) is 36.8 Å². The van der Waals surface area contributed by atoms with Crippen LogP contribution in [0.15, 0.2) is 61.1 Å². The number of imidazole rings is 1. The van der Waals surface area contributed by atoms with Gasteiger partial charge in [0.2, 0.25) is 5.82 Å². The van der Waals surface area contributed by atoms with Crippen molar-refractivity contribution >= 4 is 5.97 Å². The second-order valence-corrected chi connectivity index (χ2v) is 9.02. The minimum atomic E-state index is -2.24. The van der Waals surface area contributed by atoms with Crippen molar-refractivity contribution in [3.63, 3.8) is 0 Å². The first-order valence-electron chi connectivity index (χ1n) is 11.3. The van der Waals surface area contributed by atoms with E-state index in [4.69, 9.17) is 4.74 Å². The normalized spacial score (nSPS) is 12.4. The number of nitrogens with zero attached hydrogens (tertiary/aromatic N) is 3. The summed E-state index contributed by atoms with van der Waals surface area (Å²) in [5.41, 5.74) is -0.586. The molecule has 5 nitrogen and oxygen atoms in total. The van der Waals surface area contributed by atoms with Gasteiger partial charge < -0.3 is 4.74 Å². The van der Waals surface area contributed by atoms with Crippen LogP contribution in [0.3, 0.4) is 0 Å². The minimum absolute atomic E-state index is 0.0236. The summed E-state index contributed by atoms with van der Waals surface area (Å²) in [5, 5.41) is 0. The molecule has 0 saturated heterocycles. The Balaban J connectivity index is 1.71. The topological polar surface area (TPSA) is 57.0 Å². The van der Waals surface area contributed by atoms with Gasteiger partial charge >= 0.3 is 5.97 Å². The van der Waals surface area contributed by atoms with Gasteiger partial charge in [-0.05, 0) is 29.0 Å². The number of ether oxygens (including phenoxy) is 1. The van der Waals surface area contributed by atoms with Crippen molar-refractivity contribution in [2.75, 3.05) is 6.61 Å². The molecule has 0 aliphatic carbocycles. The molecule has 2 aromatic heterocycles. The van der Waals surface area contributed by atoms with E-state index < -0.39 is 46.2 Å². The molecular formula is C27H22F5N3O2. The van der Waals surface area contributed by atoms with E-state index in [1.165, 1.54) is 18.5 Å². The highest BCUT2D eigenvalue weighted by atomic mass is 19.2. The lowest BCUT2D eigenvalue weighted by Crippen LogP contribution is -2.31. The molecule has 0 spiro atoms. The number of benzene rings is 2. The van der Waals surface area contributed by atoms with Gasteiger partial charge in [-0.25, -0.2) is 36.7 Å². The molecular weight excluding hydrogens is 493 g/mol. The summed E-state index contributed by atoms with van der Waals surface area (Å²) in [6, 6.07) is 11.7. The molecule has 4 rings (SSSR count). The van der Waals surface area contributed by atoms with Gasteiger partial charge in [0.25, 0.3) is 0 Å². The van der Waals surface area contributed by atoms with Crippen LogP contribution in [-0.2, 0) is 10.2 Å². The van der Waals surface area contributed by atoms with E-state index in [0.717, 1.165) is 10.8 Å². The van der Waals surface area contributed by atoms with E-state index in [9.17, 15) is 26.7 Å². The molecule has 10 heteroatoms. The number of hydrogen-bond donors (Lipinski definition) is 0. The monoisotopic (exact) mass is 515 g/mol. The molecule has 0 bridgehead atoms. The molecule has 2 heterocycles. The maximum atomic E-state index is 14.6. The third kappa shape index (κ3) is 4.71. The highest BCUT2D eigenvalue weighted by molar-refractivity contribution is 5.87. The van der Waals surface area contributed by atoms with E-state index >= 15 is 0 Å². The summed E-state index contributed by atoms with van der Waals surface area (Å²) < 4.78 is 77.0. The summed E-state index contributed by atoms with van der Waals surface area (Å²) >= 11 is 0. The smallest absolute Gasteiger partial charge is 0.356 e. The molecule has 2 aromatic carbocycles. The third-order valence-electron chi connectivity index (χ3n) is 6.50. The fraction of sp³-hybridized carbons (Fsp3) is 0.222. The number of pyridine rings is 1. The van der Waals surface area contributed by atoms with E-state index in [-0.39, 0.29) is 24.0 Å². The van der Waals surface area contributed by atoms with Crippen LogP contribution in [0.2, 0.25) is 0 Å². The minimum Gasteiger partial charge on any atom is -0.461 e. The summed E-state index contributed by atoms with van der Waals surface area (Å²) in [4.78, 5) is 20.5. The van der Waals surface area contributed by atoms with Crippen molar-refractivity contribution in [3.05, 3.63) is 101 Å². The van der Waals surface area contributed by atoms with Crippen LogP contribution in [0.5, 0.6) is 0 Å². The summed E-state index contributed by atoms with van der Waals surface area (Å²) in [6.45, 7) is 5.66. The van der Waals surface area contributed by atoms with Gasteiger partial charge in [0.05, 0.1) is 6.61 Å². The van der Waals surface area contributed by atoms with Crippen LogP contribution in [0.25, 0.3) is 17.1 Å². The Labute approximate surface area is 209 Å². The zero-order valence-corrected chi connectivity index (χ0v) is 20.1. The first-order valence-corrected chi connectivity index (χ1v) is 11.3. The number of hydrogen-bond acceptors (Lipinski definition) is 4. The quantitative estimate of drug-likeness (QED) is 0.124. The summed E-state index contributed by atoms with van der Waals surface area (Å²) in [6.07, 6.45) is 3.80. The van der Waals surface area contributed by atoms with Gasteiger partial charge in [0.15, 0.2) is 23.3 Å². The van der Waals surface area contributed by atoms with Gasteiger partial charge in [-0.1, -0.05) is 51.1 Å². The lowest BCUT2D eigenvalue weighted by atomic mass is 9.72. The fourth-order valence-corrected chi connectivity index (χ4v) is 3.96. The van der Waals surface area contributed by atoms with Gasteiger partial charge in [-0.2, -0.15) is 0 Å². The number of halogens is 5. The molecule has 0 aliphatic heterocycles. The Bertz CT molecular complexity index is 1420. The van der Waals surface area contributed by atoms with E-state index in [1.807, 2.05) is 20.8 Å². The Hall–Kier alpha value is -4.08. The second-order valence-electron chi connectivity index (χ2n) is 9.02. The molecule has 192 valence electrons. The summed E-state index contributed by atoms with van der Waals surface area (Å²) in [5.74, 6) is -11.2. The standard InChI is InChI=1S/C27H22F5N3O2/c1-15(14-37-26(36)18-10-6-7-11-33-18)27(2,3)17-9-5-4-8-16(17)25-34-12-13-35(25)24-22(31)20(29)19(28)21(30)23(24)32/h4-13,15H,14H2,1-3H3/t15-/m0/s1. The zero-order valence-electron chi connectivity index (χ0n) is 20.1. The predicted molar refractivity (Wildman–Crippen MR) is 125 cm³/mol. The summed E-state index contributed by atoms with van der Waals surface area (Å²) in [7, 11) is 0. The first kappa shape index (κ1) is 26.0. The SMILES string of the molecule is C[C@@H](COC(=O)c1ccccn1)C(C)(C)c1ccccc1-c1nccn1-c1c(F)c(F)c(F)c(F)c1F. The molecule has 0 aliphatic rings. The van der Waals surface area contributed by atoms with Crippen molar-refractivity contribution in [2.24, 2.45) is 5.92 Å². The molecule has 4 aromatic rings. The van der Waals surface area contributed by atoms with Crippen LogP contribution in [0.4, 0.5) is 22.0 Å². The van der Waals surface area contributed by atoms with E-state index in [0.29, 0.717) is 11.1 Å². The largest absolute Gasteiger partial charge is 0.461 e. The van der Waals surface area contributed by atoms with Gasteiger partial charge in [-0.3, -0.25) is 4.57 Å². The average molecular weight is 515 g/mol. The maximum absolute atomic E-state index is 14.6. The number of aromatic nitrogens is 3. The van der Waals surface area contributed by atoms with Gasteiger partial charge in [0, 0.05) is 24.2 Å². The highest BCUT2D eigenvalue weighted by Gasteiger charge is 2.33. The zero-order chi connectivity index (χ0) is 26.9. The molecule has 0 saturated carbocycles. The molecule has 37 heavy (non-hydrogen) atoms. The Morgan fingerprint density at radius 2 is 1.51 bits per heavy atom. The van der Waals surface area contributed by atoms with Gasteiger partial charge in [-0.15, -0.1) is 0 Å². The Kier molecular flexibility index (Phi) is 7.11. The number of esters is 1. The first-order chi connectivity index (χ1) is 17.6. The van der Waals surface area contributed by atoms with Crippen LogP contribution in [0, 0.1) is 35.0 Å². The third-order valence-corrected chi connectivity index (χ3v) is 6.50. The van der Waals surface area contributed by atoms with Crippen molar-refractivity contribution in [1.82, 2.24) is 14.5 Å². The molecule has 0 fully saturated rings. The molecule has 0 radical (unpaired) electrons. The van der Waals surface area contributed by atoms with Gasteiger partial charge in [0.1, 0.15) is 17.2 Å². The Morgan fingerprint density at radius 1 is 0.892 bits per heavy atom. The van der Waals surface area contributed by atoms with Crippen molar-refractivity contribution < 1.29 is 31.5 Å². The lowest BCUT2D eigenvalue weighted by Gasteiger charge is -2.33. The van der Waals surface area contributed by atoms with Crippen LogP contribution < -0.4 is 0 Å². The average Bonchev–Trinajstić information content (AvgIpc) is 3.39. The number of rotatable bonds is 7. The molecule has 0 N–H and O–H groups in total. The lowest BCUT2D eigenvalue weighted by molar-refractivity contribution is 0.0393. The number of carbonyl (C=O) groups is 1. The van der Waals surface area contributed by atoms with Crippen LogP contribution in [-0.4, -0.2) is 27.1 Å². The molecule has 0 unspecified atom stereocenters.